The predicted octanol–water partition coefficient (Wildman–Crippen LogP) is 3.44. The molecule has 0 saturated carbocycles. The van der Waals surface area contributed by atoms with Crippen molar-refractivity contribution < 1.29 is 10.2 Å². The summed E-state index contributed by atoms with van der Waals surface area (Å²) in [5.41, 5.74) is 1.42. The fourth-order valence-corrected chi connectivity index (χ4v) is 3.47. The van der Waals surface area contributed by atoms with Crippen LogP contribution >= 0.6 is 11.6 Å². The van der Waals surface area contributed by atoms with E-state index in [-0.39, 0.29) is 0 Å². The van der Waals surface area contributed by atoms with Gasteiger partial charge in [0.1, 0.15) is 0 Å². The Hall–Kier alpha value is -1.39. The maximum atomic E-state index is 10.8. The number of rotatable bonds is 5. The highest BCUT2D eigenvalue weighted by Crippen LogP contribution is 2.27. The van der Waals surface area contributed by atoms with Crippen molar-refractivity contribution in [2.24, 2.45) is 0 Å². The van der Waals surface area contributed by atoms with Crippen molar-refractivity contribution in [3.8, 4) is 0 Å². The molecule has 24 heavy (non-hydrogen) atoms. The lowest BCUT2D eigenvalue weighted by molar-refractivity contribution is -0.0295. The lowest BCUT2D eigenvalue weighted by Gasteiger charge is -2.39. The van der Waals surface area contributed by atoms with Crippen LogP contribution in [0.5, 0.6) is 0 Å². The topological polar surface area (TPSA) is 43.7 Å². The largest absolute Gasteiger partial charge is 0.389 e. The van der Waals surface area contributed by atoms with Gasteiger partial charge in [-0.05, 0) is 36.1 Å². The molecule has 3 nitrogen and oxygen atoms in total. The zero-order chi connectivity index (χ0) is 17.0. The van der Waals surface area contributed by atoms with Gasteiger partial charge in [-0.3, -0.25) is 0 Å². The molecule has 1 atom stereocenters. The first-order valence-corrected chi connectivity index (χ1v) is 8.84. The van der Waals surface area contributed by atoms with Crippen LogP contribution in [0.15, 0.2) is 54.6 Å². The van der Waals surface area contributed by atoms with Crippen LogP contribution in [-0.4, -0.2) is 40.3 Å². The molecule has 0 bridgehead atoms. The van der Waals surface area contributed by atoms with Gasteiger partial charge < -0.3 is 15.1 Å². The van der Waals surface area contributed by atoms with Gasteiger partial charge in [0, 0.05) is 31.1 Å². The SMILES string of the molecule is OC(CN1CCC(O)(Cc2ccccc2)CC1)c1ccc(Cl)cc1. The van der Waals surface area contributed by atoms with Gasteiger partial charge in [0.05, 0.1) is 11.7 Å². The first-order valence-electron chi connectivity index (χ1n) is 8.46. The monoisotopic (exact) mass is 345 g/mol. The minimum absolute atomic E-state index is 0.525. The molecule has 2 aromatic rings. The maximum Gasteiger partial charge on any atom is 0.0916 e. The highest BCUT2D eigenvalue weighted by atomic mass is 35.5. The van der Waals surface area contributed by atoms with Gasteiger partial charge in [0.2, 0.25) is 0 Å². The molecule has 1 unspecified atom stereocenters. The van der Waals surface area contributed by atoms with Crippen LogP contribution in [0.25, 0.3) is 0 Å². The van der Waals surface area contributed by atoms with Crippen LogP contribution in [0.4, 0.5) is 0 Å². The lowest BCUT2D eigenvalue weighted by Crippen LogP contribution is -2.46. The Morgan fingerprint density at radius 1 is 1.00 bits per heavy atom. The Kier molecular flexibility index (Phi) is 5.57. The summed E-state index contributed by atoms with van der Waals surface area (Å²) in [6.45, 7) is 2.19. The van der Waals surface area contributed by atoms with E-state index in [1.165, 1.54) is 5.56 Å². The Labute approximate surface area is 148 Å². The second-order valence-electron chi connectivity index (χ2n) is 6.75. The number of halogens is 1. The molecular formula is C20H24ClNO2. The highest BCUT2D eigenvalue weighted by Gasteiger charge is 2.32. The van der Waals surface area contributed by atoms with Crippen LogP contribution in [0.2, 0.25) is 5.02 Å². The third-order valence-corrected chi connectivity index (χ3v) is 5.10. The second kappa shape index (κ2) is 7.66. The molecule has 3 rings (SSSR count). The third-order valence-electron chi connectivity index (χ3n) is 4.85. The van der Waals surface area contributed by atoms with Gasteiger partial charge in [0.25, 0.3) is 0 Å². The van der Waals surface area contributed by atoms with Crippen molar-refractivity contribution in [1.29, 1.82) is 0 Å². The molecule has 1 aliphatic heterocycles. The van der Waals surface area contributed by atoms with Crippen LogP contribution in [0.1, 0.15) is 30.1 Å². The average molecular weight is 346 g/mol. The molecule has 1 fully saturated rings. The molecule has 128 valence electrons. The van der Waals surface area contributed by atoms with Crippen LogP contribution in [-0.2, 0) is 6.42 Å². The van der Waals surface area contributed by atoms with Crippen LogP contribution in [0.3, 0.4) is 0 Å². The molecule has 0 amide bonds. The van der Waals surface area contributed by atoms with Crippen molar-refractivity contribution in [3.63, 3.8) is 0 Å². The Morgan fingerprint density at radius 3 is 2.25 bits per heavy atom. The van der Waals surface area contributed by atoms with Gasteiger partial charge >= 0.3 is 0 Å². The van der Waals surface area contributed by atoms with Crippen molar-refractivity contribution in [3.05, 3.63) is 70.7 Å². The average Bonchev–Trinajstić information content (AvgIpc) is 2.58. The van der Waals surface area contributed by atoms with E-state index < -0.39 is 11.7 Å². The standard InChI is InChI=1S/C20H24ClNO2/c21-18-8-6-17(7-9-18)19(23)15-22-12-10-20(24,11-13-22)14-16-4-2-1-3-5-16/h1-9,19,23-24H,10-15H2. The summed E-state index contributed by atoms with van der Waals surface area (Å²) in [6.07, 6.45) is 1.63. The minimum Gasteiger partial charge on any atom is -0.389 e. The summed E-state index contributed by atoms with van der Waals surface area (Å²) in [5.74, 6) is 0. The van der Waals surface area contributed by atoms with Crippen LogP contribution < -0.4 is 0 Å². The van der Waals surface area contributed by atoms with Crippen molar-refractivity contribution in [2.75, 3.05) is 19.6 Å². The Bertz CT molecular complexity index is 636. The van der Waals surface area contributed by atoms with Gasteiger partial charge in [-0.2, -0.15) is 0 Å². The predicted molar refractivity (Wildman–Crippen MR) is 97.2 cm³/mol. The van der Waals surface area contributed by atoms with E-state index in [1.54, 1.807) is 12.1 Å². The first kappa shape index (κ1) is 17.4. The first-order chi connectivity index (χ1) is 11.5. The number of nitrogens with zero attached hydrogens (tertiary/aromatic N) is 1. The molecule has 2 aromatic carbocycles. The summed E-state index contributed by atoms with van der Waals surface area (Å²) < 4.78 is 0. The molecule has 4 heteroatoms. The number of likely N-dealkylation sites (tertiary alicyclic amines) is 1. The normalized spacial score (nSPS) is 19.1. The van der Waals surface area contributed by atoms with E-state index in [1.807, 2.05) is 30.3 Å². The fraction of sp³-hybridized carbons (Fsp3) is 0.400. The summed E-state index contributed by atoms with van der Waals surface area (Å²) >= 11 is 5.89. The van der Waals surface area contributed by atoms with E-state index in [4.69, 9.17) is 11.6 Å². The van der Waals surface area contributed by atoms with Crippen molar-refractivity contribution in [1.82, 2.24) is 4.90 Å². The number of aliphatic hydroxyl groups is 2. The number of benzene rings is 2. The molecule has 1 saturated heterocycles. The van der Waals surface area contributed by atoms with Gasteiger partial charge in [0.15, 0.2) is 0 Å². The summed E-state index contributed by atoms with van der Waals surface area (Å²) in [7, 11) is 0. The van der Waals surface area contributed by atoms with E-state index in [9.17, 15) is 10.2 Å². The van der Waals surface area contributed by atoms with Gasteiger partial charge in [-0.1, -0.05) is 54.1 Å². The summed E-state index contributed by atoms with van der Waals surface area (Å²) in [4.78, 5) is 2.22. The summed E-state index contributed by atoms with van der Waals surface area (Å²) in [5, 5.41) is 21.9. The molecule has 0 radical (unpaired) electrons. The molecule has 0 spiro atoms. The highest BCUT2D eigenvalue weighted by molar-refractivity contribution is 6.30. The van der Waals surface area contributed by atoms with Gasteiger partial charge in [-0.15, -0.1) is 0 Å². The molecule has 1 aliphatic rings. The summed E-state index contributed by atoms with van der Waals surface area (Å²) in [6, 6.07) is 17.5. The number of piperidine rings is 1. The molecule has 0 aromatic heterocycles. The maximum absolute atomic E-state index is 10.8. The fourth-order valence-electron chi connectivity index (χ4n) is 3.34. The van der Waals surface area contributed by atoms with Crippen molar-refractivity contribution >= 4 is 11.6 Å². The quantitative estimate of drug-likeness (QED) is 0.872. The molecule has 1 heterocycles. The van der Waals surface area contributed by atoms with Crippen molar-refractivity contribution in [2.45, 2.75) is 31.0 Å². The van der Waals surface area contributed by atoms with Crippen LogP contribution in [0, 0.1) is 0 Å². The smallest absolute Gasteiger partial charge is 0.0916 e. The van der Waals surface area contributed by atoms with E-state index in [0.29, 0.717) is 18.0 Å². The zero-order valence-electron chi connectivity index (χ0n) is 13.7. The third kappa shape index (κ3) is 4.58. The number of hydrogen-bond acceptors (Lipinski definition) is 3. The lowest BCUT2D eigenvalue weighted by atomic mass is 9.85. The van der Waals surface area contributed by atoms with Gasteiger partial charge in [-0.25, -0.2) is 0 Å². The number of hydrogen-bond donors (Lipinski definition) is 2. The van der Waals surface area contributed by atoms with E-state index >= 15 is 0 Å². The minimum atomic E-state index is -0.636. The molecular weight excluding hydrogens is 322 g/mol. The zero-order valence-corrected chi connectivity index (χ0v) is 14.5. The Balaban J connectivity index is 1.52. The Morgan fingerprint density at radius 2 is 1.62 bits per heavy atom. The molecule has 0 aliphatic carbocycles. The second-order valence-corrected chi connectivity index (χ2v) is 7.19. The van der Waals surface area contributed by atoms with E-state index in [0.717, 1.165) is 31.5 Å². The number of β-amino-alcohol motifs (C(OH)–C–C–N with tert-alkyl or cyclic N) is 1. The molecule has 2 N–H and O–H groups in total. The number of aliphatic hydroxyl groups excluding tert-OH is 1. The van der Waals surface area contributed by atoms with E-state index in [2.05, 4.69) is 17.0 Å².